The van der Waals surface area contributed by atoms with Crippen LogP contribution in [0.25, 0.3) is 11.5 Å². The number of hydrogen-bond acceptors (Lipinski definition) is 6. The molecule has 20 heavy (non-hydrogen) atoms. The van der Waals surface area contributed by atoms with Gasteiger partial charge in [0.05, 0.1) is 5.54 Å². The molecule has 0 aliphatic carbocycles. The molecule has 6 nitrogen and oxygen atoms in total. The van der Waals surface area contributed by atoms with Crippen molar-refractivity contribution in [2.45, 2.75) is 19.4 Å². The van der Waals surface area contributed by atoms with Crippen molar-refractivity contribution in [3.05, 3.63) is 30.4 Å². The number of pyridine rings is 1. The van der Waals surface area contributed by atoms with Gasteiger partial charge in [0.15, 0.2) is 5.82 Å². The van der Waals surface area contributed by atoms with E-state index in [1.54, 1.807) is 12.4 Å². The quantitative estimate of drug-likeness (QED) is 0.908. The van der Waals surface area contributed by atoms with Gasteiger partial charge in [0, 0.05) is 44.1 Å². The zero-order valence-corrected chi connectivity index (χ0v) is 11.8. The molecule has 3 rings (SSSR count). The summed E-state index contributed by atoms with van der Waals surface area (Å²) in [6.07, 6.45) is 3.45. The number of piperazine rings is 1. The van der Waals surface area contributed by atoms with Crippen LogP contribution in [-0.2, 0) is 5.54 Å². The predicted octanol–water partition coefficient (Wildman–Crippen LogP) is 1.27. The van der Waals surface area contributed by atoms with Gasteiger partial charge < -0.3 is 9.84 Å². The van der Waals surface area contributed by atoms with E-state index in [2.05, 4.69) is 39.2 Å². The standard InChI is InChI=1S/C14H19N5O/c1-14(2,19-9-7-16-8-10-19)13-17-12(20-18-13)11-3-5-15-6-4-11/h3-6,16H,7-10H2,1-2H3. The lowest BCUT2D eigenvalue weighted by Crippen LogP contribution is -2.52. The molecule has 1 N–H and O–H groups in total. The lowest BCUT2D eigenvalue weighted by molar-refractivity contribution is 0.0925. The summed E-state index contributed by atoms with van der Waals surface area (Å²) in [7, 11) is 0. The molecule has 106 valence electrons. The fourth-order valence-corrected chi connectivity index (χ4v) is 2.45. The Labute approximate surface area is 118 Å². The number of hydrogen-bond donors (Lipinski definition) is 1. The molecular formula is C14H19N5O. The Morgan fingerprint density at radius 3 is 2.60 bits per heavy atom. The maximum atomic E-state index is 5.40. The molecule has 1 fully saturated rings. The Hall–Kier alpha value is -1.79. The molecule has 0 spiro atoms. The smallest absolute Gasteiger partial charge is 0.258 e. The fourth-order valence-electron chi connectivity index (χ4n) is 2.45. The Bertz CT molecular complexity index is 560. The second kappa shape index (κ2) is 5.30. The summed E-state index contributed by atoms with van der Waals surface area (Å²) in [5, 5.41) is 7.53. The second-order valence-electron chi connectivity index (χ2n) is 5.46. The molecule has 6 heteroatoms. The summed E-state index contributed by atoms with van der Waals surface area (Å²) in [5.74, 6) is 1.27. The maximum absolute atomic E-state index is 5.40. The van der Waals surface area contributed by atoms with Crippen LogP contribution in [0, 0.1) is 0 Å². The first kappa shape index (κ1) is 13.2. The van der Waals surface area contributed by atoms with Gasteiger partial charge in [-0.15, -0.1) is 0 Å². The molecule has 0 radical (unpaired) electrons. The summed E-state index contributed by atoms with van der Waals surface area (Å²) >= 11 is 0. The van der Waals surface area contributed by atoms with Crippen molar-refractivity contribution < 1.29 is 4.52 Å². The third kappa shape index (κ3) is 2.44. The van der Waals surface area contributed by atoms with Gasteiger partial charge in [0.25, 0.3) is 5.89 Å². The van der Waals surface area contributed by atoms with Crippen LogP contribution in [0.3, 0.4) is 0 Å². The van der Waals surface area contributed by atoms with Crippen LogP contribution >= 0.6 is 0 Å². The maximum Gasteiger partial charge on any atom is 0.258 e. The van der Waals surface area contributed by atoms with E-state index in [0.717, 1.165) is 37.6 Å². The molecule has 0 atom stereocenters. The summed E-state index contributed by atoms with van der Waals surface area (Å²) in [6.45, 7) is 8.26. The molecule has 0 unspecified atom stereocenters. The zero-order chi connectivity index (χ0) is 14.0. The first-order valence-electron chi connectivity index (χ1n) is 6.88. The van der Waals surface area contributed by atoms with Crippen LogP contribution in [0.15, 0.2) is 29.0 Å². The highest BCUT2D eigenvalue weighted by Gasteiger charge is 2.34. The minimum Gasteiger partial charge on any atom is -0.334 e. The van der Waals surface area contributed by atoms with Crippen molar-refractivity contribution >= 4 is 0 Å². The number of nitrogens with one attached hydrogen (secondary N) is 1. The average molecular weight is 273 g/mol. The fraction of sp³-hybridized carbons (Fsp3) is 0.500. The molecule has 3 heterocycles. The molecule has 2 aromatic heterocycles. The number of aromatic nitrogens is 3. The van der Waals surface area contributed by atoms with E-state index < -0.39 is 0 Å². The molecule has 0 aromatic carbocycles. The van der Waals surface area contributed by atoms with Crippen molar-refractivity contribution in [1.29, 1.82) is 0 Å². The molecule has 0 bridgehead atoms. The summed E-state index contributed by atoms with van der Waals surface area (Å²) in [5.41, 5.74) is 0.673. The lowest BCUT2D eigenvalue weighted by atomic mass is 10.0. The van der Waals surface area contributed by atoms with E-state index in [9.17, 15) is 0 Å². The topological polar surface area (TPSA) is 67.1 Å². The third-order valence-electron chi connectivity index (χ3n) is 3.81. The van der Waals surface area contributed by atoms with Crippen LogP contribution < -0.4 is 5.32 Å². The average Bonchev–Trinajstić information content (AvgIpc) is 3.00. The van der Waals surface area contributed by atoms with Gasteiger partial charge >= 0.3 is 0 Å². The Kier molecular flexibility index (Phi) is 3.50. The molecule has 1 aliphatic heterocycles. The molecule has 2 aromatic rings. The minimum atomic E-state index is -0.225. The van der Waals surface area contributed by atoms with Crippen molar-refractivity contribution in [3.8, 4) is 11.5 Å². The van der Waals surface area contributed by atoms with E-state index in [0.29, 0.717) is 5.89 Å². The highest BCUT2D eigenvalue weighted by Crippen LogP contribution is 2.27. The van der Waals surface area contributed by atoms with Gasteiger partial charge in [0.1, 0.15) is 0 Å². The van der Waals surface area contributed by atoms with E-state index >= 15 is 0 Å². The zero-order valence-electron chi connectivity index (χ0n) is 11.8. The van der Waals surface area contributed by atoms with Gasteiger partial charge in [-0.1, -0.05) is 5.16 Å². The highest BCUT2D eigenvalue weighted by atomic mass is 16.5. The van der Waals surface area contributed by atoms with Gasteiger partial charge in [-0.3, -0.25) is 9.88 Å². The van der Waals surface area contributed by atoms with Crippen molar-refractivity contribution in [2.24, 2.45) is 0 Å². The Balaban J connectivity index is 1.85. The van der Waals surface area contributed by atoms with Crippen molar-refractivity contribution in [2.75, 3.05) is 26.2 Å². The van der Waals surface area contributed by atoms with E-state index in [4.69, 9.17) is 4.52 Å². The van der Waals surface area contributed by atoms with Gasteiger partial charge in [0.2, 0.25) is 0 Å². The van der Waals surface area contributed by atoms with Crippen LogP contribution in [0.1, 0.15) is 19.7 Å². The minimum absolute atomic E-state index is 0.225. The molecule has 0 saturated carbocycles. The molecular weight excluding hydrogens is 254 g/mol. The molecule has 1 aliphatic rings. The molecule has 0 amide bonds. The van der Waals surface area contributed by atoms with E-state index in [-0.39, 0.29) is 5.54 Å². The van der Waals surface area contributed by atoms with E-state index in [1.165, 1.54) is 0 Å². The van der Waals surface area contributed by atoms with Gasteiger partial charge in [-0.05, 0) is 26.0 Å². The monoisotopic (exact) mass is 273 g/mol. The predicted molar refractivity (Wildman–Crippen MR) is 75.0 cm³/mol. The first-order chi connectivity index (χ1) is 9.68. The first-order valence-corrected chi connectivity index (χ1v) is 6.88. The van der Waals surface area contributed by atoms with Crippen LogP contribution in [0.4, 0.5) is 0 Å². The normalized spacial score (nSPS) is 17.3. The molecule has 1 saturated heterocycles. The Morgan fingerprint density at radius 1 is 1.20 bits per heavy atom. The van der Waals surface area contributed by atoms with Crippen LogP contribution in [0.2, 0.25) is 0 Å². The van der Waals surface area contributed by atoms with Crippen molar-refractivity contribution in [3.63, 3.8) is 0 Å². The number of nitrogens with zero attached hydrogens (tertiary/aromatic N) is 4. The van der Waals surface area contributed by atoms with Gasteiger partial charge in [-0.2, -0.15) is 4.98 Å². The summed E-state index contributed by atoms with van der Waals surface area (Å²) in [6, 6.07) is 3.74. The summed E-state index contributed by atoms with van der Waals surface area (Å²) in [4.78, 5) is 10.9. The van der Waals surface area contributed by atoms with Crippen LogP contribution in [0.5, 0.6) is 0 Å². The third-order valence-corrected chi connectivity index (χ3v) is 3.81. The van der Waals surface area contributed by atoms with Crippen molar-refractivity contribution in [1.82, 2.24) is 25.3 Å². The highest BCUT2D eigenvalue weighted by molar-refractivity contribution is 5.51. The Morgan fingerprint density at radius 2 is 1.90 bits per heavy atom. The lowest BCUT2D eigenvalue weighted by Gasteiger charge is -2.38. The van der Waals surface area contributed by atoms with E-state index in [1.807, 2.05) is 12.1 Å². The summed E-state index contributed by atoms with van der Waals surface area (Å²) < 4.78 is 5.40. The number of rotatable bonds is 3. The SMILES string of the molecule is CC(C)(c1noc(-c2ccncc2)n1)N1CCNCC1. The largest absolute Gasteiger partial charge is 0.334 e. The van der Waals surface area contributed by atoms with Gasteiger partial charge in [-0.25, -0.2) is 0 Å². The second-order valence-corrected chi connectivity index (χ2v) is 5.46. The van der Waals surface area contributed by atoms with Crippen LogP contribution in [-0.4, -0.2) is 46.2 Å².